The van der Waals surface area contributed by atoms with Crippen LogP contribution >= 0.6 is 0 Å². The SMILES string of the molecule is CC1CN(Cc2ccccc2)CC/C1=C(/F)CO. The lowest BCUT2D eigenvalue weighted by molar-refractivity contribution is 0.204. The van der Waals surface area contributed by atoms with Crippen molar-refractivity contribution in [1.29, 1.82) is 0 Å². The van der Waals surface area contributed by atoms with Gasteiger partial charge in [0.05, 0.1) is 6.61 Å². The Labute approximate surface area is 108 Å². The molecule has 1 aromatic carbocycles. The number of hydrogen-bond acceptors (Lipinski definition) is 2. The minimum absolute atomic E-state index is 0.189. The molecule has 0 bridgehead atoms. The summed E-state index contributed by atoms with van der Waals surface area (Å²) in [5.74, 6) is -0.142. The number of halogens is 1. The van der Waals surface area contributed by atoms with Gasteiger partial charge < -0.3 is 5.11 Å². The van der Waals surface area contributed by atoms with Crippen molar-refractivity contribution in [1.82, 2.24) is 4.90 Å². The Kier molecular flexibility index (Phi) is 4.50. The summed E-state index contributed by atoms with van der Waals surface area (Å²) in [5, 5.41) is 8.86. The van der Waals surface area contributed by atoms with Crippen molar-refractivity contribution in [2.75, 3.05) is 19.7 Å². The molecule has 1 N–H and O–H groups in total. The predicted octanol–water partition coefficient (Wildman–Crippen LogP) is 2.74. The Bertz CT molecular complexity index is 416. The molecule has 2 nitrogen and oxygen atoms in total. The van der Waals surface area contributed by atoms with E-state index >= 15 is 0 Å². The number of likely N-dealkylation sites (tertiary alicyclic amines) is 1. The summed E-state index contributed by atoms with van der Waals surface area (Å²) in [4.78, 5) is 2.34. The maximum atomic E-state index is 13.4. The number of nitrogens with zero attached hydrogens (tertiary/aromatic N) is 1. The molecule has 0 saturated carbocycles. The number of aliphatic hydroxyl groups excluding tert-OH is 1. The lowest BCUT2D eigenvalue weighted by Gasteiger charge is -2.33. The zero-order valence-corrected chi connectivity index (χ0v) is 10.8. The van der Waals surface area contributed by atoms with Gasteiger partial charge in [0, 0.05) is 19.6 Å². The first kappa shape index (κ1) is 13.2. The van der Waals surface area contributed by atoms with Crippen molar-refractivity contribution in [2.24, 2.45) is 5.92 Å². The fraction of sp³-hybridized carbons (Fsp3) is 0.467. The molecule has 0 amide bonds. The average molecular weight is 249 g/mol. The summed E-state index contributed by atoms with van der Waals surface area (Å²) in [5.41, 5.74) is 2.08. The van der Waals surface area contributed by atoms with Gasteiger partial charge in [-0.2, -0.15) is 0 Å². The number of hydrogen-bond donors (Lipinski definition) is 1. The minimum Gasteiger partial charge on any atom is -0.389 e. The molecular formula is C15H20FNO. The third-order valence-electron chi connectivity index (χ3n) is 3.56. The van der Waals surface area contributed by atoms with Gasteiger partial charge in [-0.15, -0.1) is 0 Å². The first-order chi connectivity index (χ1) is 8.70. The van der Waals surface area contributed by atoms with Gasteiger partial charge in [-0.25, -0.2) is 4.39 Å². The predicted molar refractivity (Wildman–Crippen MR) is 70.7 cm³/mol. The second-order valence-corrected chi connectivity index (χ2v) is 4.96. The normalized spacial score (nSPS) is 24.1. The topological polar surface area (TPSA) is 23.5 Å². The summed E-state index contributed by atoms with van der Waals surface area (Å²) in [6.07, 6.45) is 0.723. The van der Waals surface area contributed by atoms with Gasteiger partial charge in [-0.3, -0.25) is 4.90 Å². The lowest BCUT2D eigenvalue weighted by atomic mass is 9.92. The number of aliphatic hydroxyl groups is 1. The molecule has 1 saturated heterocycles. The molecule has 1 unspecified atom stereocenters. The van der Waals surface area contributed by atoms with Crippen LogP contribution in [-0.4, -0.2) is 29.7 Å². The van der Waals surface area contributed by atoms with E-state index in [9.17, 15) is 4.39 Å². The van der Waals surface area contributed by atoms with Gasteiger partial charge in [0.2, 0.25) is 0 Å². The van der Waals surface area contributed by atoms with Gasteiger partial charge in [-0.05, 0) is 23.5 Å². The van der Waals surface area contributed by atoms with Crippen molar-refractivity contribution in [3.63, 3.8) is 0 Å². The van der Waals surface area contributed by atoms with Gasteiger partial charge in [0.1, 0.15) is 5.83 Å². The second-order valence-electron chi connectivity index (χ2n) is 4.96. The van der Waals surface area contributed by atoms with Gasteiger partial charge >= 0.3 is 0 Å². The highest BCUT2D eigenvalue weighted by Gasteiger charge is 2.23. The second kappa shape index (κ2) is 6.12. The maximum absolute atomic E-state index is 13.4. The summed E-state index contributed by atoms with van der Waals surface area (Å²) >= 11 is 0. The minimum atomic E-state index is -0.460. The monoisotopic (exact) mass is 249 g/mol. The smallest absolute Gasteiger partial charge is 0.125 e. The van der Waals surface area contributed by atoms with Crippen LogP contribution in [0.3, 0.4) is 0 Å². The van der Waals surface area contributed by atoms with Crippen LogP contribution in [0, 0.1) is 5.92 Å². The zero-order chi connectivity index (χ0) is 13.0. The molecule has 3 heteroatoms. The summed E-state index contributed by atoms with van der Waals surface area (Å²) < 4.78 is 13.4. The Morgan fingerprint density at radius 1 is 1.39 bits per heavy atom. The molecule has 1 heterocycles. The molecule has 18 heavy (non-hydrogen) atoms. The quantitative estimate of drug-likeness (QED) is 0.890. The molecule has 98 valence electrons. The lowest BCUT2D eigenvalue weighted by Crippen LogP contribution is -2.35. The first-order valence-electron chi connectivity index (χ1n) is 6.45. The largest absolute Gasteiger partial charge is 0.389 e. The Morgan fingerprint density at radius 3 is 2.72 bits per heavy atom. The molecule has 0 aromatic heterocycles. The van der Waals surface area contributed by atoms with Crippen LogP contribution in [0.2, 0.25) is 0 Å². The van der Waals surface area contributed by atoms with E-state index in [2.05, 4.69) is 17.0 Å². The summed E-state index contributed by atoms with van der Waals surface area (Å²) in [7, 11) is 0. The molecule has 0 aliphatic carbocycles. The fourth-order valence-corrected chi connectivity index (χ4v) is 2.60. The van der Waals surface area contributed by atoms with E-state index in [0.29, 0.717) is 0 Å². The molecule has 2 rings (SSSR count). The highest BCUT2D eigenvalue weighted by atomic mass is 19.1. The van der Waals surface area contributed by atoms with Gasteiger partial charge in [0.15, 0.2) is 0 Å². The van der Waals surface area contributed by atoms with Crippen LogP contribution in [0.25, 0.3) is 0 Å². The van der Waals surface area contributed by atoms with E-state index in [0.717, 1.165) is 31.6 Å². The van der Waals surface area contributed by atoms with E-state index in [4.69, 9.17) is 5.11 Å². The zero-order valence-electron chi connectivity index (χ0n) is 10.8. The molecular weight excluding hydrogens is 229 g/mol. The van der Waals surface area contributed by atoms with Crippen molar-refractivity contribution in [3.05, 3.63) is 47.3 Å². The van der Waals surface area contributed by atoms with Crippen LogP contribution in [0.15, 0.2) is 41.7 Å². The van der Waals surface area contributed by atoms with E-state index in [1.165, 1.54) is 5.56 Å². The molecule has 0 spiro atoms. The molecule has 1 aliphatic heterocycles. The molecule has 1 fully saturated rings. The van der Waals surface area contributed by atoms with Crippen LogP contribution in [0.1, 0.15) is 18.9 Å². The van der Waals surface area contributed by atoms with Gasteiger partial charge in [-0.1, -0.05) is 37.3 Å². The highest BCUT2D eigenvalue weighted by molar-refractivity contribution is 5.17. The third-order valence-corrected chi connectivity index (χ3v) is 3.56. The standard InChI is InChI=1S/C15H20FNO/c1-12-9-17(8-7-14(12)15(16)11-18)10-13-5-3-2-4-6-13/h2-6,12,18H,7-11H2,1H3/b15-14-. The van der Waals surface area contributed by atoms with Crippen LogP contribution in [-0.2, 0) is 6.54 Å². The number of benzene rings is 1. The molecule has 1 atom stereocenters. The Morgan fingerprint density at radius 2 is 2.11 bits per heavy atom. The van der Waals surface area contributed by atoms with Crippen molar-refractivity contribution in [2.45, 2.75) is 19.9 Å². The van der Waals surface area contributed by atoms with Crippen LogP contribution in [0.4, 0.5) is 4.39 Å². The summed E-state index contributed by atoms with van der Waals surface area (Å²) in [6, 6.07) is 10.3. The third kappa shape index (κ3) is 3.18. The van der Waals surface area contributed by atoms with E-state index in [1.54, 1.807) is 0 Å². The first-order valence-corrected chi connectivity index (χ1v) is 6.45. The van der Waals surface area contributed by atoms with Gasteiger partial charge in [0.25, 0.3) is 0 Å². The van der Waals surface area contributed by atoms with Crippen molar-refractivity contribution in [3.8, 4) is 0 Å². The number of rotatable bonds is 3. The van der Waals surface area contributed by atoms with E-state index in [1.807, 2.05) is 25.1 Å². The fourth-order valence-electron chi connectivity index (χ4n) is 2.60. The molecule has 0 radical (unpaired) electrons. The van der Waals surface area contributed by atoms with Crippen LogP contribution in [0.5, 0.6) is 0 Å². The van der Waals surface area contributed by atoms with Crippen LogP contribution < -0.4 is 0 Å². The Hall–Kier alpha value is -1.19. The number of piperidine rings is 1. The highest BCUT2D eigenvalue weighted by Crippen LogP contribution is 2.26. The average Bonchev–Trinajstić information content (AvgIpc) is 2.39. The summed E-state index contributed by atoms with van der Waals surface area (Å²) in [6.45, 7) is 4.21. The van der Waals surface area contributed by atoms with Crippen molar-refractivity contribution >= 4 is 0 Å². The molecule has 1 aliphatic rings. The maximum Gasteiger partial charge on any atom is 0.125 e. The Balaban J connectivity index is 1.97. The van der Waals surface area contributed by atoms with E-state index in [-0.39, 0.29) is 11.7 Å². The van der Waals surface area contributed by atoms with Crippen molar-refractivity contribution < 1.29 is 9.50 Å². The van der Waals surface area contributed by atoms with E-state index < -0.39 is 6.61 Å². The molecule has 1 aromatic rings.